The summed E-state index contributed by atoms with van der Waals surface area (Å²) in [4.78, 5) is 15.6. The number of rotatable bonds is 8. The van der Waals surface area contributed by atoms with Gasteiger partial charge in [-0.25, -0.2) is 0 Å². The first-order valence-corrected chi connectivity index (χ1v) is 10.4. The molecule has 2 heterocycles. The maximum absolute atomic E-state index is 13.5. The van der Waals surface area contributed by atoms with Gasteiger partial charge in [0.25, 0.3) is 0 Å². The van der Waals surface area contributed by atoms with E-state index in [0.29, 0.717) is 28.9 Å². The van der Waals surface area contributed by atoms with Crippen molar-refractivity contribution in [3.63, 3.8) is 0 Å². The molecule has 0 aliphatic heterocycles. The first-order valence-electron chi connectivity index (χ1n) is 10.4. The summed E-state index contributed by atoms with van der Waals surface area (Å²) in [6, 6.07) is 11.4. The van der Waals surface area contributed by atoms with Crippen LogP contribution in [0.4, 0.5) is 11.4 Å². The minimum Gasteiger partial charge on any atom is -0.472 e. The van der Waals surface area contributed by atoms with Gasteiger partial charge in [-0.05, 0) is 39.2 Å². The molecule has 0 bridgehead atoms. The molecule has 0 saturated carbocycles. The second kappa shape index (κ2) is 7.92. The molecule has 158 valence electrons. The zero-order chi connectivity index (χ0) is 21.4. The van der Waals surface area contributed by atoms with Crippen molar-refractivity contribution in [2.45, 2.75) is 13.0 Å². The molecule has 2 aromatic carbocycles. The Morgan fingerprint density at radius 2 is 1.90 bits per heavy atom. The van der Waals surface area contributed by atoms with Gasteiger partial charge in [0, 0.05) is 35.5 Å². The molecule has 7 nitrogen and oxygen atoms in total. The highest BCUT2D eigenvalue weighted by Gasteiger charge is 2.32. The van der Waals surface area contributed by atoms with Gasteiger partial charge in [-0.1, -0.05) is 29.4 Å². The van der Waals surface area contributed by atoms with Gasteiger partial charge in [-0.2, -0.15) is 0 Å². The standard InChI is InChI=1S/C24H24N4O3/c1-28(2)10-5-9-25-18-12-19(26-13-15-8-11-30-14-15)22-21-20(18)23(29)16-6-3-4-7-17(16)24(21)31-27-22/h3-4,6-8,11-12,14,25-26H,5,9-10,13H2,1-2H3. The lowest BCUT2D eigenvalue weighted by molar-refractivity contribution is 0.104. The SMILES string of the molecule is CN(C)CCCNc1cc(NCc2ccoc2)c2noc3c2c1C(=O)c1ccccc1-3. The molecule has 1 aliphatic carbocycles. The van der Waals surface area contributed by atoms with Crippen molar-refractivity contribution in [3.8, 4) is 11.3 Å². The molecule has 0 amide bonds. The molecular formula is C24H24N4O3. The molecule has 0 radical (unpaired) electrons. The van der Waals surface area contributed by atoms with Gasteiger partial charge < -0.3 is 24.5 Å². The van der Waals surface area contributed by atoms with Crippen LogP contribution in [0.3, 0.4) is 0 Å². The third-order valence-corrected chi connectivity index (χ3v) is 5.56. The molecule has 7 heteroatoms. The number of anilines is 2. The van der Waals surface area contributed by atoms with E-state index in [1.165, 1.54) is 0 Å². The molecule has 0 fully saturated rings. The summed E-state index contributed by atoms with van der Waals surface area (Å²) in [5, 5.41) is 12.0. The lowest BCUT2D eigenvalue weighted by atomic mass is 9.86. The van der Waals surface area contributed by atoms with E-state index in [2.05, 4.69) is 34.8 Å². The van der Waals surface area contributed by atoms with Gasteiger partial charge in [-0.15, -0.1) is 0 Å². The molecule has 4 aromatic rings. The fourth-order valence-electron chi connectivity index (χ4n) is 4.04. The van der Waals surface area contributed by atoms with Crippen molar-refractivity contribution in [2.24, 2.45) is 0 Å². The van der Waals surface area contributed by atoms with Crippen LogP contribution in [0.25, 0.3) is 22.2 Å². The van der Waals surface area contributed by atoms with Crippen LogP contribution in [0.5, 0.6) is 0 Å². The smallest absolute Gasteiger partial charge is 0.196 e. The minimum atomic E-state index is -0.00667. The Labute approximate surface area is 180 Å². The van der Waals surface area contributed by atoms with Crippen LogP contribution >= 0.6 is 0 Å². The summed E-state index contributed by atoms with van der Waals surface area (Å²) in [6.45, 7) is 2.30. The average Bonchev–Trinajstić information content (AvgIpc) is 3.44. The Morgan fingerprint density at radius 1 is 1.06 bits per heavy atom. The fraction of sp³-hybridized carbons (Fsp3) is 0.250. The maximum Gasteiger partial charge on any atom is 0.196 e. The van der Waals surface area contributed by atoms with Crippen LogP contribution < -0.4 is 10.6 Å². The number of fused-ring (bicyclic) bond motifs is 2. The zero-order valence-electron chi connectivity index (χ0n) is 17.6. The summed E-state index contributed by atoms with van der Waals surface area (Å²) in [6.07, 6.45) is 4.31. The number of hydrogen-bond donors (Lipinski definition) is 2. The Morgan fingerprint density at radius 3 is 2.68 bits per heavy atom. The number of aromatic nitrogens is 1. The normalized spacial score (nSPS) is 12.4. The molecule has 5 rings (SSSR count). The van der Waals surface area contributed by atoms with Crippen LogP contribution in [0.2, 0.25) is 0 Å². The Bertz CT molecular complexity index is 1240. The molecule has 0 spiro atoms. The lowest BCUT2D eigenvalue weighted by Gasteiger charge is -2.20. The summed E-state index contributed by atoms with van der Waals surface area (Å²) < 4.78 is 10.9. The number of furan rings is 1. The quantitative estimate of drug-likeness (QED) is 0.357. The van der Waals surface area contributed by atoms with Gasteiger partial charge in [0.1, 0.15) is 5.52 Å². The van der Waals surface area contributed by atoms with E-state index in [1.54, 1.807) is 12.5 Å². The van der Waals surface area contributed by atoms with E-state index in [0.717, 1.165) is 47.4 Å². The number of carbonyl (C=O) groups is 1. The molecule has 0 unspecified atom stereocenters. The van der Waals surface area contributed by atoms with Crippen molar-refractivity contribution < 1.29 is 13.7 Å². The first kappa shape index (κ1) is 19.4. The summed E-state index contributed by atoms with van der Waals surface area (Å²) in [7, 11) is 4.11. The van der Waals surface area contributed by atoms with Crippen LogP contribution in [-0.4, -0.2) is 43.0 Å². The zero-order valence-corrected chi connectivity index (χ0v) is 17.6. The van der Waals surface area contributed by atoms with Crippen LogP contribution in [0, 0.1) is 0 Å². The fourth-order valence-corrected chi connectivity index (χ4v) is 4.04. The van der Waals surface area contributed by atoms with E-state index in [-0.39, 0.29) is 5.78 Å². The largest absolute Gasteiger partial charge is 0.472 e. The van der Waals surface area contributed by atoms with Gasteiger partial charge in [0.2, 0.25) is 0 Å². The molecule has 2 N–H and O–H groups in total. The van der Waals surface area contributed by atoms with Gasteiger partial charge in [-0.3, -0.25) is 4.79 Å². The molecule has 0 atom stereocenters. The highest BCUT2D eigenvalue weighted by Crippen LogP contribution is 2.45. The van der Waals surface area contributed by atoms with E-state index in [1.807, 2.05) is 36.4 Å². The van der Waals surface area contributed by atoms with Gasteiger partial charge in [0.05, 0.1) is 29.2 Å². The van der Waals surface area contributed by atoms with Crippen molar-refractivity contribution in [3.05, 3.63) is 65.6 Å². The summed E-state index contributed by atoms with van der Waals surface area (Å²) >= 11 is 0. The molecule has 31 heavy (non-hydrogen) atoms. The number of nitrogens with zero attached hydrogens (tertiary/aromatic N) is 2. The number of benzene rings is 2. The van der Waals surface area contributed by atoms with Crippen LogP contribution in [0.15, 0.2) is 57.9 Å². The van der Waals surface area contributed by atoms with E-state index < -0.39 is 0 Å². The molecular weight excluding hydrogens is 392 g/mol. The van der Waals surface area contributed by atoms with E-state index in [9.17, 15) is 4.79 Å². The minimum absolute atomic E-state index is 0.00667. The molecule has 0 saturated heterocycles. The second-order valence-electron chi connectivity index (χ2n) is 8.03. The Kier molecular flexibility index (Phi) is 4.95. The van der Waals surface area contributed by atoms with E-state index >= 15 is 0 Å². The van der Waals surface area contributed by atoms with Crippen molar-refractivity contribution in [1.82, 2.24) is 10.1 Å². The molecule has 2 aromatic heterocycles. The number of nitrogens with one attached hydrogen (secondary N) is 2. The highest BCUT2D eigenvalue weighted by atomic mass is 16.5. The third-order valence-electron chi connectivity index (χ3n) is 5.56. The predicted octanol–water partition coefficient (Wildman–Crippen LogP) is 4.61. The first-order chi connectivity index (χ1) is 15.1. The van der Waals surface area contributed by atoms with Crippen molar-refractivity contribution in [2.75, 3.05) is 37.8 Å². The van der Waals surface area contributed by atoms with Gasteiger partial charge in [0.15, 0.2) is 11.5 Å². The Hall–Kier alpha value is -3.58. The third kappa shape index (κ3) is 3.47. The maximum atomic E-state index is 13.5. The molecule has 1 aliphatic rings. The summed E-state index contributed by atoms with van der Waals surface area (Å²) in [5.74, 6) is 0.635. The monoisotopic (exact) mass is 416 g/mol. The van der Waals surface area contributed by atoms with Crippen molar-refractivity contribution in [1.29, 1.82) is 0 Å². The van der Waals surface area contributed by atoms with E-state index in [4.69, 9.17) is 8.94 Å². The predicted molar refractivity (Wildman–Crippen MR) is 121 cm³/mol. The average molecular weight is 416 g/mol. The number of carbonyl (C=O) groups excluding carboxylic acids is 1. The number of ketones is 1. The highest BCUT2D eigenvalue weighted by molar-refractivity contribution is 6.28. The van der Waals surface area contributed by atoms with Crippen LogP contribution in [0.1, 0.15) is 27.9 Å². The van der Waals surface area contributed by atoms with Crippen molar-refractivity contribution >= 4 is 28.1 Å². The Balaban J connectivity index is 1.59. The second-order valence-corrected chi connectivity index (χ2v) is 8.03. The lowest BCUT2D eigenvalue weighted by Crippen LogP contribution is -2.18. The topological polar surface area (TPSA) is 83.5 Å². The van der Waals surface area contributed by atoms with Gasteiger partial charge >= 0.3 is 0 Å². The summed E-state index contributed by atoms with van der Waals surface area (Å²) in [5.41, 5.74) is 5.35. The van der Waals surface area contributed by atoms with Crippen LogP contribution in [-0.2, 0) is 6.54 Å². The number of hydrogen-bond acceptors (Lipinski definition) is 7.